The fourth-order valence-corrected chi connectivity index (χ4v) is 3.85. The molecule has 2 N–H and O–H groups in total. The molecular formula is C22H28FN3O3. The quantitative estimate of drug-likeness (QED) is 0.726. The van der Waals surface area contributed by atoms with Gasteiger partial charge in [0.25, 0.3) is 5.91 Å². The van der Waals surface area contributed by atoms with Crippen molar-refractivity contribution in [1.29, 1.82) is 0 Å². The smallest absolute Gasteiger partial charge is 0.269 e. The number of amides is 1. The highest BCUT2D eigenvalue weighted by molar-refractivity contribution is 5.98. The Kier molecular flexibility index (Phi) is 6.47. The minimum absolute atomic E-state index is 0.0425. The summed E-state index contributed by atoms with van der Waals surface area (Å²) in [6.45, 7) is 5.53. The van der Waals surface area contributed by atoms with Gasteiger partial charge in [0.2, 0.25) is 0 Å². The van der Waals surface area contributed by atoms with Gasteiger partial charge in [-0.05, 0) is 49.8 Å². The molecule has 1 saturated carbocycles. The number of aliphatic hydroxyl groups excluding tert-OH is 1. The first-order valence-corrected chi connectivity index (χ1v) is 10.2. The van der Waals surface area contributed by atoms with Crippen LogP contribution in [0, 0.1) is 11.7 Å². The Morgan fingerprint density at radius 3 is 2.76 bits per heavy atom. The Morgan fingerprint density at radius 1 is 1.34 bits per heavy atom. The van der Waals surface area contributed by atoms with E-state index in [2.05, 4.69) is 10.4 Å². The summed E-state index contributed by atoms with van der Waals surface area (Å²) in [4.78, 5) is 25.2. The average Bonchev–Trinajstić information content (AvgIpc) is 3.15. The predicted molar refractivity (Wildman–Crippen MR) is 107 cm³/mol. The average molecular weight is 401 g/mol. The van der Waals surface area contributed by atoms with Crippen molar-refractivity contribution in [1.82, 2.24) is 15.1 Å². The third-order valence-corrected chi connectivity index (χ3v) is 5.73. The second-order valence-corrected chi connectivity index (χ2v) is 7.90. The number of ketones is 1. The number of hydrogen-bond donors (Lipinski definition) is 2. The van der Waals surface area contributed by atoms with Crippen LogP contribution in [-0.4, -0.2) is 38.7 Å². The summed E-state index contributed by atoms with van der Waals surface area (Å²) >= 11 is 0. The van der Waals surface area contributed by atoms with Gasteiger partial charge in [-0.2, -0.15) is 5.10 Å². The van der Waals surface area contributed by atoms with Crippen LogP contribution in [0.1, 0.15) is 79.0 Å². The minimum Gasteiger partial charge on any atom is -0.393 e. The topological polar surface area (TPSA) is 84.2 Å². The van der Waals surface area contributed by atoms with Crippen LogP contribution in [0.4, 0.5) is 4.39 Å². The van der Waals surface area contributed by atoms with Crippen molar-refractivity contribution >= 4 is 11.7 Å². The number of halogens is 1. The second kappa shape index (κ2) is 8.86. The summed E-state index contributed by atoms with van der Waals surface area (Å²) in [6.07, 6.45) is 1.98. The molecule has 0 unspecified atom stereocenters. The SMILES string of the molecule is CCC(=O)c1cc(C(=O)N[C@H]2CC[C@@H](O)[C@H](C)C2)n([C@@H](C)c2cccc(F)c2)n1. The molecule has 156 valence electrons. The van der Waals surface area contributed by atoms with Crippen molar-refractivity contribution in [3.63, 3.8) is 0 Å². The summed E-state index contributed by atoms with van der Waals surface area (Å²) in [6, 6.07) is 7.19. The number of carbonyl (C=O) groups excluding carboxylic acids is 2. The number of nitrogens with zero attached hydrogens (tertiary/aromatic N) is 2. The van der Waals surface area contributed by atoms with Crippen LogP contribution in [-0.2, 0) is 0 Å². The van der Waals surface area contributed by atoms with Crippen molar-refractivity contribution in [3.8, 4) is 0 Å². The Hall–Kier alpha value is -2.54. The number of Topliss-reactive ketones (excluding diaryl/α,β-unsaturated/α-hetero) is 1. The summed E-state index contributed by atoms with van der Waals surface area (Å²) in [5.74, 6) is -0.724. The van der Waals surface area contributed by atoms with E-state index in [0.717, 1.165) is 0 Å². The second-order valence-electron chi connectivity index (χ2n) is 7.90. The van der Waals surface area contributed by atoms with Crippen molar-refractivity contribution in [2.24, 2.45) is 5.92 Å². The molecule has 0 radical (unpaired) electrons. The standard InChI is InChI=1S/C22H28FN3O3/c1-4-20(27)18-12-19(22(29)24-17-8-9-21(28)13(2)10-17)26(25-18)14(3)15-6-5-7-16(23)11-15/h5-7,11-14,17,21,28H,4,8-10H2,1-3H3,(H,24,29)/t13-,14+,17+,21-/m1/s1. The van der Waals surface area contributed by atoms with Gasteiger partial charge in [-0.3, -0.25) is 14.3 Å². The van der Waals surface area contributed by atoms with Gasteiger partial charge in [0, 0.05) is 18.5 Å². The van der Waals surface area contributed by atoms with Crippen molar-refractivity contribution in [2.45, 2.75) is 64.6 Å². The van der Waals surface area contributed by atoms with E-state index >= 15 is 0 Å². The van der Waals surface area contributed by atoms with E-state index in [9.17, 15) is 19.1 Å². The van der Waals surface area contributed by atoms with Gasteiger partial charge in [-0.1, -0.05) is 26.0 Å². The third kappa shape index (κ3) is 4.72. The van der Waals surface area contributed by atoms with Gasteiger partial charge >= 0.3 is 0 Å². The third-order valence-electron chi connectivity index (χ3n) is 5.73. The molecule has 0 saturated heterocycles. The molecule has 1 fully saturated rings. The molecule has 1 amide bonds. The van der Waals surface area contributed by atoms with E-state index in [4.69, 9.17) is 0 Å². The van der Waals surface area contributed by atoms with Crippen molar-refractivity contribution < 1.29 is 19.1 Å². The minimum atomic E-state index is -0.419. The summed E-state index contributed by atoms with van der Waals surface area (Å²) in [5, 5.41) is 17.3. The van der Waals surface area contributed by atoms with Gasteiger partial charge in [-0.15, -0.1) is 0 Å². The molecule has 3 rings (SSSR count). The molecule has 7 heteroatoms. The van der Waals surface area contributed by atoms with E-state index in [0.29, 0.717) is 24.8 Å². The van der Waals surface area contributed by atoms with Gasteiger partial charge in [0.05, 0.1) is 12.1 Å². The lowest BCUT2D eigenvalue weighted by molar-refractivity contribution is 0.0612. The highest BCUT2D eigenvalue weighted by Gasteiger charge is 2.29. The summed E-state index contributed by atoms with van der Waals surface area (Å²) in [5.41, 5.74) is 1.16. The summed E-state index contributed by atoms with van der Waals surface area (Å²) < 4.78 is 15.2. The molecule has 29 heavy (non-hydrogen) atoms. The summed E-state index contributed by atoms with van der Waals surface area (Å²) in [7, 11) is 0. The van der Waals surface area contributed by atoms with E-state index in [-0.39, 0.29) is 53.4 Å². The van der Waals surface area contributed by atoms with E-state index < -0.39 is 6.04 Å². The fraction of sp³-hybridized carbons (Fsp3) is 0.500. The number of aromatic nitrogens is 2. The zero-order valence-corrected chi connectivity index (χ0v) is 17.1. The number of benzene rings is 1. The maximum absolute atomic E-state index is 13.7. The Morgan fingerprint density at radius 2 is 2.10 bits per heavy atom. The predicted octanol–water partition coefficient (Wildman–Crippen LogP) is 3.50. The molecule has 2 aromatic rings. The normalized spacial score (nSPS) is 22.9. The molecule has 1 aromatic heterocycles. The fourth-order valence-electron chi connectivity index (χ4n) is 3.85. The molecular weight excluding hydrogens is 373 g/mol. The van der Waals surface area contributed by atoms with Gasteiger partial charge in [-0.25, -0.2) is 4.39 Å². The van der Waals surface area contributed by atoms with Crippen LogP contribution >= 0.6 is 0 Å². The number of carbonyl (C=O) groups is 2. The van der Waals surface area contributed by atoms with Gasteiger partial charge in [0.15, 0.2) is 5.78 Å². The van der Waals surface area contributed by atoms with Crippen LogP contribution in [0.25, 0.3) is 0 Å². The van der Waals surface area contributed by atoms with Gasteiger partial charge in [0.1, 0.15) is 17.2 Å². The number of aliphatic hydroxyl groups is 1. The maximum Gasteiger partial charge on any atom is 0.269 e. The lowest BCUT2D eigenvalue weighted by atomic mass is 9.84. The first-order valence-electron chi connectivity index (χ1n) is 10.2. The molecule has 1 aliphatic carbocycles. The molecule has 1 aliphatic rings. The molecule has 4 atom stereocenters. The molecule has 0 bridgehead atoms. The Labute approximate surface area is 170 Å². The van der Waals surface area contributed by atoms with E-state index in [1.807, 2.05) is 13.8 Å². The van der Waals surface area contributed by atoms with Crippen LogP contribution in [0.5, 0.6) is 0 Å². The Bertz CT molecular complexity index is 895. The monoisotopic (exact) mass is 401 g/mol. The lowest BCUT2D eigenvalue weighted by Crippen LogP contribution is -2.42. The van der Waals surface area contributed by atoms with Crippen LogP contribution in [0.15, 0.2) is 30.3 Å². The number of hydrogen-bond acceptors (Lipinski definition) is 4. The molecule has 0 aliphatic heterocycles. The van der Waals surface area contributed by atoms with Crippen LogP contribution < -0.4 is 5.32 Å². The van der Waals surface area contributed by atoms with E-state index in [1.165, 1.54) is 22.9 Å². The number of rotatable bonds is 6. The van der Waals surface area contributed by atoms with Crippen molar-refractivity contribution in [3.05, 3.63) is 53.1 Å². The lowest BCUT2D eigenvalue weighted by Gasteiger charge is -2.31. The first kappa shape index (κ1) is 21.2. The molecule has 1 aromatic carbocycles. The highest BCUT2D eigenvalue weighted by atomic mass is 19.1. The Balaban J connectivity index is 1.89. The van der Waals surface area contributed by atoms with Crippen LogP contribution in [0.3, 0.4) is 0 Å². The molecule has 6 nitrogen and oxygen atoms in total. The zero-order chi connectivity index (χ0) is 21.1. The van der Waals surface area contributed by atoms with Crippen LogP contribution in [0.2, 0.25) is 0 Å². The largest absolute Gasteiger partial charge is 0.393 e. The molecule has 0 spiro atoms. The van der Waals surface area contributed by atoms with E-state index in [1.54, 1.807) is 19.1 Å². The maximum atomic E-state index is 13.7. The van der Waals surface area contributed by atoms with Gasteiger partial charge < -0.3 is 10.4 Å². The highest BCUT2D eigenvalue weighted by Crippen LogP contribution is 2.25. The zero-order valence-electron chi connectivity index (χ0n) is 17.1. The van der Waals surface area contributed by atoms with Crippen molar-refractivity contribution in [2.75, 3.05) is 0 Å². The number of nitrogens with one attached hydrogen (secondary N) is 1. The molecule has 1 heterocycles. The first-order chi connectivity index (χ1) is 13.8.